The third kappa shape index (κ3) is 2.31. The molecular formula is C15H26N4. The highest BCUT2D eigenvalue weighted by atomic mass is 15.3. The van der Waals surface area contributed by atoms with E-state index in [9.17, 15) is 0 Å². The van der Waals surface area contributed by atoms with E-state index < -0.39 is 0 Å². The molecule has 0 amide bonds. The van der Waals surface area contributed by atoms with Gasteiger partial charge in [0.25, 0.3) is 0 Å². The molecule has 4 nitrogen and oxygen atoms in total. The molecule has 1 aromatic heterocycles. The Morgan fingerprint density at radius 3 is 2.74 bits per heavy atom. The standard InChI is InChI=1S/C15H26N4/c1-3-15(9-6-10-16-11-15)14-17-13(18-19(14)2)12-7-4-5-8-12/h12,16H,3-11H2,1-2H3. The molecule has 2 fully saturated rings. The first kappa shape index (κ1) is 13.1. The summed E-state index contributed by atoms with van der Waals surface area (Å²) in [6, 6.07) is 0. The van der Waals surface area contributed by atoms with Crippen LogP contribution in [0.4, 0.5) is 0 Å². The summed E-state index contributed by atoms with van der Waals surface area (Å²) in [5.74, 6) is 2.93. The molecule has 1 aliphatic carbocycles. The van der Waals surface area contributed by atoms with Crippen LogP contribution in [0.25, 0.3) is 0 Å². The molecule has 19 heavy (non-hydrogen) atoms. The first-order chi connectivity index (χ1) is 9.25. The summed E-state index contributed by atoms with van der Waals surface area (Å²) in [5, 5.41) is 8.29. The summed E-state index contributed by atoms with van der Waals surface area (Å²) in [6.45, 7) is 4.49. The van der Waals surface area contributed by atoms with Crippen LogP contribution < -0.4 is 5.32 Å². The second-order valence-electron chi connectivity index (χ2n) is 6.31. The molecule has 0 bridgehead atoms. The Bertz CT molecular complexity index is 425. The maximum absolute atomic E-state index is 4.97. The van der Waals surface area contributed by atoms with Crippen LogP contribution in [-0.4, -0.2) is 27.9 Å². The van der Waals surface area contributed by atoms with Gasteiger partial charge in [-0.3, -0.25) is 4.68 Å². The van der Waals surface area contributed by atoms with Crippen LogP contribution in [0.3, 0.4) is 0 Å². The van der Waals surface area contributed by atoms with Crippen molar-refractivity contribution in [1.82, 2.24) is 20.1 Å². The maximum Gasteiger partial charge on any atom is 0.154 e. The number of nitrogens with one attached hydrogen (secondary N) is 1. The molecule has 106 valence electrons. The van der Waals surface area contributed by atoms with Gasteiger partial charge in [-0.15, -0.1) is 0 Å². The smallest absolute Gasteiger partial charge is 0.154 e. The Morgan fingerprint density at radius 1 is 1.32 bits per heavy atom. The van der Waals surface area contributed by atoms with Gasteiger partial charge in [0.15, 0.2) is 5.82 Å². The molecule has 1 atom stereocenters. The number of hydrogen-bond acceptors (Lipinski definition) is 3. The number of hydrogen-bond donors (Lipinski definition) is 1. The molecule has 1 saturated carbocycles. The maximum atomic E-state index is 4.97. The predicted octanol–water partition coefficient (Wildman–Crippen LogP) is 2.50. The molecule has 1 aromatic rings. The largest absolute Gasteiger partial charge is 0.316 e. The van der Waals surface area contributed by atoms with E-state index in [1.807, 2.05) is 0 Å². The van der Waals surface area contributed by atoms with Crippen LogP contribution in [0.1, 0.15) is 69.4 Å². The lowest BCUT2D eigenvalue weighted by Crippen LogP contribution is -2.44. The predicted molar refractivity (Wildman–Crippen MR) is 76.3 cm³/mol. The lowest BCUT2D eigenvalue weighted by molar-refractivity contribution is 0.279. The first-order valence-electron chi connectivity index (χ1n) is 7.87. The van der Waals surface area contributed by atoms with Gasteiger partial charge in [0.05, 0.1) is 0 Å². The molecule has 1 N–H and O–H groups in total. The molecule has 1 saturated heterocycles. The van der Waals surface area contributed by atoms with Crippen molar-refractivity contribution in [3.8, 4) is 0 Å². The van der Waals surface area contributed by atoms with E-state index in [1.165, 1.54) is 44.3 Å². The van der Waals surface area contributed by atoms with E-state index >= 15 is 0 Å². The quantitative estimate of drug-likeness (QED) is 0.910. The molecule has 1 unspecified atom stereocenters. The third-order valence-corrected chi connectivity index (χ3v) is 5.12. The fourth-order valence-electron chi connectivity index (χ4n) is 3.84. The Morgan fingerprint density at radius 2 is 2.11 bits per heavy atom. The van der Waals surface area contributed by atoms with Gasteiger partial charge >= 0.3 is 0 Å². The highest BCUT2D eigenvalue weighted by molar-refractivity contribution is 5.14. The zero-order valence-electron chi connectivity index (χ0n) is 12.3. The van der Waals surface area contributed by atoms with Crippen molar-refractivity contribution in [2.24, 2.45) is 7.05 Å². The van der Waals surface area contributed by atoms with Crippen LogP contribution in [0.5, 0.6) is 0 Å². The van der Waals surface area contributed by atoms with E-state index in [1.54, 1.807) is 0 Å². The molecule has 1 aliphatic heterocycles. The van der Waals surface area contributed by atoms with Crippen molar-refractivity contribution in [2.75, 3.05) is 13.1 Å². The van der Waals surface area contributed by atoms with Crippen LogP contribution in [0, 0.1) is 0 Å². The van der Waals surface area contributed by atoms with E-state index in [0.29, 0.717) is 5.92 Å². The second-order valence-corrected chi connectivity index (χ2v) is 6.31. The van der Waals surface area contributed by atoms with Gasteiger partial charge in [0.1, 0.15) is 5.82 Å². The Hall–Kier alpha value is -0.900. The lowest BCUT2D eigenvalue weighted by Gasteiger charge is -2.35. The van der Waals surface area contributed by atoms with Gasteiger partial charge in [0, 0.05) is 24.9 Å². The van der Waals surface area contributed by atoms with Crippen LogP contribution in [0.15, 0.2) is 0 Å². The molecule has 2 aliphatic rings. The Balaban J connectivity index is 1.90. The highest BCUT2D eigenvalue weighted by Gasteiger charge is 2.37. The molecular weight excluding hydrogens is 236 g/mol. The van der Waals surface area contributed by atoms with Crippen LogP contribution in [-0.2, 0) is 12.5 Å². The molecule has 3 rings (SSSR count). The number of piperidine rings is 1. The number of aryl methyl sites for hydroxylation is 1. The average Bonchev–Trinajstić information content (AvgIpc) is 3.08. The summed E-state index contributed by atoms with van der Waals surface area (Å²) < 4.78 is 2.06. The Kier molecular flexibility index (Phi) is 3.61. The van der Waals surface area contributed by atoms with Crippen molar-refractivity contribution in [3.05, 3.63) is 11.6 Å². The topological polar surface area (TPSA) is 42.7 Å². The number of aromatic nitrogens is 3. The van der Waals surface area contributed by atoms with Gasteiger partial charge < -0.3 is 5.32 Å². The van der Waals surface area contributed by atoms with E-state index in [4.69, 9.17) is 10.1 Å². The third-order valence-electron chi connectivity index (χ3n) is 5.12. The second kappa shape index (κ2) is 5.23. The summed E-state index contributed by atoms with van der Waals surface area (Å²) >= 11 is 0. The van der Waals surface area contributed by atoms with Crippen molar-refractivity contribution in [3.63, 3.8) is 0 Å². The fraction of sp³-hybridized carbons (Fsp3) is 0.867. The zero-order chi connectivity index (χ0) is 13.3. The summed E-state index contributed by atoms with van der Waals surface area (Å²) in [4.78, 5) is 4.97. The minimum atomic E-state index is 0.205. The van der Waals surface area contributed by atoms with Crippen LogP contribution >= 0.6 is 0 Å². The number of rotatable bonds is 3. The first-order valence-corrected chi connectivity index (χ1v) is 7.87. The molecule has 0 radical (unpaired) electrons. The lowest BCUT2D eigenvalue weighted by atomic mass is 9.77. The fourth-order valence-corrected chi connectivity index (χ4v) is 3.84. The summed E-state index contributed by atoms with van der Waals surface area (Å²) in [5.41, 5.74) is 0.205. The van der Waals surface area contributed by atoms with Crippen molar-refractivity contribution in [1.29, 1.82) is 0 Å². The van der Waals surface area contributed by atoms with E-state index in [-0.39, 0.29) is 5.41 Å². The van der Waals surface area contributed by atoms with Gasteiger partial charge in [-0.05, 0) is 38.6 Å². The average molecular weight is 262 g/mol. The van der Waals surface area contributed by atoms with Crippen LogP contribution in [0.2, 0.25) is 0 Å². The minimum Gasteiger partial charge on any atom is -0.316 e. The SMILES string of the molecule is CCC1(c2nc(C3CCCC3)nn2C)CCCNC1. The number of nitrogens with zero attached hydrogens (tertiary/aromatic N) is 3. The zero-order valence-corrected chi connectivity index (χ0v) is 12.3. The normalized spacial score (nSPS) is 28.9. The molecule has 0 aromatic carbocycles. The Labute approximate surface area is 116 Å². The highest BCUT2D eigenvalue weighted by Crippen LogP contribution is 2.36. The molecule has 0 spiro atoms. The van der Waals surface area contributed by atoms with Crippen molar-refractivity contribution >= 4 is 0 Å². The van der Waals surface area contributed by atoms with Crippen molar-refractivity contribution in [2.45, 2.75) is 63.2 Å². The summed E-state index contributed by atoms with van der Waals surface area (Å²) in [6.07, 6.45) is 8.89. The van der Waals surface area contributed by atoms with E-state index in [0.717, 1.165) is 25.3 Å². The van der Waals surface area contributed by atoms with E-state index in [2.05, 4.69) is 24.0 Å². The molecule has 2 heterocycles. The minimum absolute atomic E-state index is 0.205. The molecule has 4 heteroatoms. The van der Waals surface area contributed by atoms with Gasteiger partial charge in [-0.1, -0.05) is 19.8 Å². The van der Waals surface area contributed by atoms with Gasteiger partial charge in [-0.25, -0.2) is 4.98 Å². The summed E-state index contributed by atoms with van der Waals surface area (Å²) in [7, 11) is 2.08. The van der Waals surface area contributed by atoms with Crippen molar-refractivity contribution < 1.29 is 0 Å². The van der Waals surface area contributed by atoms with Gasteiger partial charge in [0.2, 0.25) is 0 Å². The van der Waals surface area contributed by atoms with Gasteiger partial charge in [-0.2, -0.15) is 5.10 Å². The monoisotopic (exact) mass is 262 g/mol.